The predicted molar refractivity (Wildman–Crippen MR) is 54.5 cm³/mol. The fourth-order valence-electron chi connectivity index (χ4n) is 1.05. The molecule has 2 rings (SSSR count). The Labute approximate surface area is 80.3 Å². The van der Waals surface area contributed by atoms with Crippen LogP contribution in [0.1, 0.15) is 4.88 Å². The number of aryl methyl sites for hydroxylation is 1. The molecular formula is C9H9N3S. The van der Waals surface area contributed by atoms with Crippen LogP contribution in [0.25, 0.3) is 10.4 Å². The fraction of sp³-hybridized carbons (Fsp3) is 0.111. The van der Waals surface area contributed by atoms with Gasteiger partial charge in [0.1, 0.15) is 0 Å². The molecule has 2 N–H and O–H groups in total. The van der Waals surface area contributed by atoms with Gasteiger partial charge in [0, 0.05) is 27.7 Å². The summed E-state index contributed by atoms with van der Waals surface area (Å²) in [5, 5.41) is 0. The summed E-state index contributed by atoms with van der Waals surface area (Å²) in [6, 6.07) is 4.14. The van der Waals surface area contributed by atoms with Gasteiger partial charge in [-0.25, -0.2) is 9.97 Å². The Morgan fingerprint density at radius 3 is 2.46 bits per heavy atom. The molecule has 3 nitrogen and oxygen atoms in total. The van der Waals surface area contributed by atoms with Crippen LogP contribution >= 0.6 is 11.3 Å². The van der Waals surface area contributed by atoms with Crippen molar-refractivity contribution < 1.29 is 0 Å². The molecule has 0 atom stereocenters. The van der Waals surface area contributed by atoms with Crippen LogP contribution in [-0.4, -0.2) is 9.97 Å². The highest BCUT2D eigenvalue weighted by molar-refractivity contribution is 7.15. The van der Waals surface area contributed by atoms with E-state index >= 15 is 0 Å². The lowest BCUT2D eigenvalue weighted by Crippen LogP contribution is -1.92. The first-order chi connectivity index (χ1) is 6.25. The van der Waals surface area contributed by atoms with Gasteiger partial charge in [0.25, 0.3) is 0 Å². The first-order valence-corrected chi connectivity index (χ1v) is 4.72. The zero-order valence-electron chi connectivity index (χ0n) is 7.19. The van der Waals surface area contributed by atoms with Crippen LogP contribution in [0.4, 0.5) is 5.95 Å². The maximum atomic E-state index is 5.39. The van der Waals surface area contributed by atoms with Gasteiger partial charge in [-0.2, -0.15) is 0 Å². The third kappa shape index (κ3) is 1.67. The molecule has 66 valence electrons. The molecular weight excluding hydrogens is 182 g/mol. The molecule has 2 aromatic rings. The summed E-state index contributed by atoms with van der Waals surface area (Å²) < 4.78 is 0. The van der Waals surface area contributed by atoms with Crippen molar-refractivity contribution in [2.24, 2.45) is 0 Å². The number of nitrogens with zero attached hydrogens (tertiary/aromatic N) is 2. The van der Waals surface area contributed by atoms with Crippen molar-refractivity contribution in [2.75, 3.05) is 5.73 Å². The van der Waals surface area contributed by atoms with Gasteiger partial charge in [0.15, 0.2) is 0 Å². The Bertz CT molecular complexity index is 405. The third-order valence-corrected chi connectivity index (χ3v) is 2.75. The van der Waals surface area contributed by atoms with Crippen molar-refractivity contribution in [3.63, 3.8) is 0 Å². The molecule has 0 radical (unpaired) electrons. The van der Waals surface area contributed by atoms with Crippen molar-refractivity contribution in [2.45, 2.75) is 6.92 Å². The molecule has 0 spiro atoms. The molecule has 0 aliphatic rings. The summed E-state index contributed by atoms with van der Waals surface area (Å²) in [6.45, 7) is 2.08. The molecule has 0 aliphatic carbocycles. The first-order valence-electron chi connectivity index (χ1n) is 3.90. The Hall–Kier alpha value is -1.42. The summed E-state index contributed by atoms with van der Waals surface area (Å²) in [5.74, 6) is 0.317. The van der Waals surface area contributed by atoms with Gasteiger partial charge < -0.3 is 5.73 Å². The van der Waals surface area contributed by atoms with Gasteiger partial charge in [-0.1, -0.05) is 0 Å². The smallest absolute Gasteiger partial charge is 0.219 e. The number of nitrogens with two attached hydrogens (primary N) is 1. The van der Waals surface area contributed by atoms with Crippen LogP contribution in [0.15, 0.2) is 24.5 Å². The van der Waals surface area contributed by atoms with Crippen LogP contribution in [0.3, 0.4) is 0 Å². The summed E-state index contributed by atoms with van der Waals surface area (Å²) in [4.78, 5) is 10.3. The topological polar surface area (TPSA) is 51.8 Å². The van der Waals surface area contributed by atoms with Gasteiger partial charge >= 0.3 is 0 Å². The van der Waals surface area contributed by atoms with Gasteiger partial charge in [-0.15, -0.1) is 11.3 Å². The SMILES string of the molecule is Cc1ccc(-c2cnc(N)nc2)s1. The van der Waals surface area contributed by atoms with Crippen molar-refractivity contribution in [3.8, 4) is 10.4 Å². The van der Waals surface area contributed by atoms with Crippen LogP contribution in [0.2, 0.25) is 0 Å². The minimum atomic E-state index is 0.317. The minimum absolute atomic E-state index is 0.317. The number of anilines is 1. The van der Waals surface area contributed by atoms with E-state index in [9.17, 15) is 0 Å². The second-order valence-corrected chi connectivity index (χ2v) is 4.03. The zero-order chi connectivity index (χ0) is 9.26. The zero-order valence-corrected chi connectivity index (χ0v) is 8.01. The summed E-state index contributed by atoms with van der Waals surface area (Å²) in [5.41, 5.74) is 6.41. The molecule has 0 fully saturated rings. The molecule has 2 aromatic heterocycles. The van der Waals surface area contributed by atoms with Crippen LogP contribution in [0.5, 0.6) is 0 Å². The van der Waals surface area contributed by atoms with Crippen molar-refractivity contribution in [1.82, 2.24) is 9.97 Å². The summed E-state index contributed by atoms with van der Waals surface area (Å²) in [7, 11) is 0. The normalized spacial score (nSPS) is 10.2. The molecule has 2 heterocycles. The molecule has 4 heteroatoms. The van der Waals surface area contributed by atoms with Gasteiger partial charge in [0.05, 0.1) is 0 Å². The van der Waals surface area contributed by atoms with E-state index < -0.39 is 0 Å². The van der Waals surface area contributed by atoms with E-state index in [1.54, 1.807) is 23.7 Å². The largest absolute Gasteiger partial charge is 0.368 e. The molecule has 0 bridgehead atoms. The highest BCUT2D eigenvalue weighted by Crippen LogP contribution is 2.26. The van der Waals surface area contributed by atoms with E-state index in [-0.39, 0.29) is 0 Å². The predicted octanol–water partition coefficient (Wildman–Crippen LogP) is 2.10. The average molecular weight is 191 g/mol. The maximum Gasteiger partial charge on any atom is 0.219 e. The minimum Gasteiger partial charge on any atom is -0.368 e. The highest BCUT2D eigenvalue weighted by atomic mass is 32.1. The molecule has 0 aromatic carbocycles. The van der Waals surface area contributed by atoms with E-state index in [0.717, 1.165) is 5.56 Å². The van der Waals surface area contributed by atoms with Gasteiger partial charge in [-0.3, -0.25) is 0 Å². The molecule has 0 aliphatic heterocycles. The van der Waals surface area contributed by atoms with Gasteiger partial charge in [-0.05, 0) is 19.1 Å². The number of rotatable bonds is 1. The van der Waals surface area contributed by atoms with Crippen LogP contribution in [0, 0.1) is 6.92 Å². The molecule has 0 amide bonds. The van der Waals surface area contributed by atoms with Crippen molar-refractivity contribution >= 4 is 17.3 Å². The Morgan fingerprint density at radius 2 is 1.92 bits per heavy atom. The molecule has 13 heavy (non-hydrogen) atoms. The highest BCUT2D eigenvalue weighted by Gasteiger charge is 2.00. The fourth-order valence-corrected chi connectivity index (χ4v) is 1.90. The van der Waals surface area contributed by atoms with Crippen LogP contribution < -0.4 is 5.73 Å². The number of nitrogen functional groups attached to an aromatic ring is 1. The second-order valence-electron chi connectivity index (χ2n) is 2.74. The third-order valence-electron chi connectivity index (χ3n) is 1.70. The lowest BCUT2D eigenvalue weighted by atomic mass is 10.3. The van der Waals surface area contributed by atoms with E-state index in [0.29, 0.717) is 5.95 Å². The average Bonchev–Trinajstić information content (AvgIpc) is 2.53. The van der Waals surface area contributed by atoms with Crippen molar-refractivity contribution in [1.29, 1.82) is 0 Å². The van der Waals surface area contributed by atoms with E-state index in [1.807, 2.05) is 0 Å². The quantitative estimate of drug-likeness (QED) is 0.751. The number of hydrogen-bond acceptors (Lipinski definition) is 4. The maximum absolute atomic E-state index is 5.39. The van der Waals surface area contributed by atoms with Crippen LogP contribution in [-0.2, 0) is 0 Å². The monoisotopic (exact) mass is 191 g/mol. The Morgan fingerprint density at radius 1 is 1.23 bits per heavy atom. The van der Waals surface area contributed by atoms with E-state index in [4.69, 9.17) is 5.73 Å². The second kappa shape index (κ2) is 3.14. The van der Waals surface area contributed by atoms with Crippen molar-refractivity contribution in [3.05, 3.63) is 29.4 Å². The Kier molecular flexibility index (Phi) is 1.98. The lowest BCUT2D eigenvalue weighted by Gasteiger charge is -1.95. The summed E-state index contributed by atoms with van der Waals surface area (Å²) in [6.07, 6.45) is 3.49. The number of thiophene rings is 1. The molecule has 0 saturated carbocycles. The van der Waals surface area contributed by atoms with E-state index in [1.165, 1.54) is 9.75 Å². The molecule has 0 unspecified atom stereocenters. The molecule has 0 saturated heterocycles. The number of aromatic nitrogens is 2. The number of hydrogen-bond donors (Lipinski definition) is 1. The van der Waals surface area contributed by atoms with Gasteiger partial charge in [0.2, 0.25) is 5.95 Å². The lowest BCUT2D eigenvalue weighted by molar-refractivity contribution is 1.19. The first kappa shape index (κ1) is 8.19. The standard InChI is InChI=1S/C9H9N3S/c1-6-2-3-8(13-6)7-4-11-9(10)12-5-7/h2-5H,1H3,(H2,10,11,12). The summed E-state index contributed by atoms with van der Waals surface area (Å²) >= 11 is 1.73. The Balaban J connectivity index is 2.41. The van der Waals surface area contributed by atoms with E-state index in [2.05, 4.69) is 29.0 Å².